The molecular formula is C24H45NO. The fraction of sp³-hybridized carbons (Fsp3) is 0.875. The zero-order valence-electron chi connectivity index (χ0n) is 18.2. The monoisotopic (exact) mass is 363 g/mol. The van der Waals surface area contributed by atoms with Gasteiger partial charge in [0.05, 0.1) is 0 Å². The van der Waals surface area contributed by atoms with E-state index < -0.39 is 0 Å². The van der Waals surface area contributed by atoms with Crippen LogP contribution in [0, 0.1) is 5.41 Å². The molecule has 0 unspecified atom stereocenters. The molecule has 0 amide bonds. The number of hydrogen-bond donors (Lipinski definition) is 1. The Labute approximate surface area is 163 Å². The minimum Gasteiger partial charge on any atom is -0.388 e. The molecule has 1 N–H and O–H groups in total. The molecule has 26 heavy (non-hydrogen) atoms. The molecule has 0 aromatic carbocycles. The van der Waals surface area contributed by atoms with E-state index >= 15 is 0 Å². The topological polar surface area (TPSA) is 29.1 Å². The number of Topliss-reactive ketones (excluding diaryl/α,β-unsaturated/α-hetero) is 1. The van der Waals surface area contributed by atoms with E-state index in [0.717, 1.165) is 45.1 Å². The van der Waals surface area contributed by atoms with Gasteiger partial charge in [-0.3, -0.25) is 4.79 Å². The van der Waals surface area contributed by atoms with E-state index in [0.29, 0.717) is 5.78 Å². The smallest absolute Gasteiger partial charge is 0.161 e. The molecule has 0 aliphatic carbocycles. The number of unbranched alkanes of at least 4 members (excludes halogenated alkanes) is 8. The highest BCUT2D eigenvalue weighted by atomic mass is 16.1. The van der Waals surface area contributed by atoms with Crippen molar-refractivity contribution in [3.63, 3.8) is 0 Å². The van der Waals surface area contributed by atoms with Crippen LogP contribution < -0.4 is 5.32 Å². The van der Waals surface area contributed by atoms with Gasteiger partial charge < -0.3 is 5.32 Å². The van der Waals surface area contributed by atoms with E-state index in [9.17, 15) is 4.79 Å². The third-order valence-corrected chi connectivity index (χ3v) is 6.44. The van der Waals surface area contributed by atoms with E-state index in [-0.39, 0.29) is 5.41 Å². The summed E-state index contributed by atoms with van der Waals surface area (Å²) in [6.07, 6.45) is 17.7. The van der Waals surface area contributed by atoms with Crippen molar-refractivity contribution in [3.05, 3.63) is 11.3 Å². The number of carbonyl (C=O) groups is 1. The molecule has 0 spiro atoms. The van der Waals surface area contributed by atoms with Crippen molar-refractivity contribution in [1.29, 1.82) is 0 Å². The summed E-state index contributed by atoms with van der Waals surface area (Å²) in [5.41, 5.74) is 2.62. The van der Waals surface area contributed by atoms with Crippen LogP contribution in [0.2, 0.25) is 0 Å². The van der Waals surface area contributed by atoms with Crippen LogP contribution in [-0.2, 0) is 4.79 Å². The highest BCUT2D eigenvalue weighted by Crippen LogP contribution is 2.43. The Balaban J connectivity index is 2.78. The second-order valence-corrected chi connectivity index (χ2v) is 8.27. The van der Waals surface area contributed by atoms with Gasteiger partial charge in [-0.2, -0.15) is 0 Å². The molecule has 0 aromatic rings. The van der Waals surface area contributed by atoms with Gasteiger partial charge in [0, 0.05) is 29.7 Å². The summed E-state index contributed by atoms with van der Waals surface area (Å²) in [5.74, 6) is 0.445. The van der Waals surface area contributed by atoms with Crippen molar-refractivity contribution in [3.8, 4) is 0 Å². The summed E-state index contributed by atoms with van der Waals surface area (Å²) in [4.78, 5) is 13.2. The second kappa shape index (κ2) is 13.4. The highest BCUT2D eigenvalue weighted by Gasteiger charge is 2.38. The number of allylic oxidation sites excluding steroid dienone is 2. The van der Waals surface area contributed by atoms with Gasteiger partial charge in [0.25, 0.3) is 0 Å². The van der Waals surface area contributed by atoms with Gasteiger partial charge in [-0.25, -0.2) is 0 Å². The normalized spacial score (nSPS) is 16.6. The standard InChI is InChI=1S/C24H45NO/c1-5-9-11-13-15-17-21-23(22(26)18-16-14-12-10-6-2)24(7-3,8-4)19-20-25-21/h25H,5-20H2,1-4H3. The van der Waals surface area contributed by atoms with E-state index in [1.54, 1.807) is 0 Å². The molecule has 2 nitrogen and oxygen atoms in total. The Morgan fingerprint density at radius 1 is 0.846 bits per heavy atom. The average Bonchev–Trinajstić information content (AvgIpc) is 2.67. The number of hydrogen-bond acceptors (Lipinski definition) is 2. The van der Waals surface area contributed by atoms with Crippen LogP contribution in [0.1, 0.15) is 124 Å². The Bertz CT molecular complexity index is 420. The zero-order valence-corrected chi connectivity index (χ0v) is 18.2. The van der Waals surface area contributed by atoms with Crippen LogP contribution >= 0.6 is 0 Å². The first kappa shape index (κ1) is 23.2. The average molecular weight is 364 g/mol. The molecule has 0 aromatic heterocycles. The summed E-state index contributed by atoms with van der Waals surface area (Å²) in [6, 6.07) is 0. The summed E-state index contributed by atoms with van der Waals surface area (Å²) in [5, 5.41) is 3.63. The summed E-state index contributed by atoms with van der Waals surface area (Å²) >= 11 is 0. The van der Waals surface area contributed by atoms with Crippen LogP contribution in [0.5, 0.6) is 0 Å². The molecule has 1 rings (SSSR count). The molecule has 0 saturated carbocycles. The molecule has 0 fully saturated rings. The van der Waals surface area contributed by atoms with Gasteiger partial charge in [0.1, 0.15) is 0 Å². The maximum Gasteiger partial charge on any atom is 0.161 e. The predicted octanol–water partition coefficient (Wildman–Crippen LogP) is 7.33. The predicted molar refractivity (Wildman–Crippen MR) is 114 cm³/mol. The van der Waals surface area contributed by atoms with Gasteiger partial charge in [0.15, 0.2) is 5.78 Å². The lowest BCUT2D eigenvalue weighted by Gasteiger charge is -2.40. The molecule has 1 aliphatic rings. The maximum absolute atomic E-state index is 13.2. The first-order valence-corrected chi connectivity index (χ1v) is 11.7. The van der Waals surface area contributed by atoms with Crippen molar-refractivity contribution in [2.75, 3.05) is 6.54 Å². The Hall–Kier alpha value is -0.790. The quantitative estimate of drug-likeness (QED) is 0.309. The molecule has 0 saturated heterocycles. The summed E-state index contributed by atoms with van der Waals surface area (Å²) in [6.45, 7) is 10.1. The number of ketones is 1. The minimum atomic E-state index is 0.129. The van der Waals surface area contributed by atoms with Crippen molar-refractivity contribution < 1.29 is 4.79 Å². The number of carbonyl (C=O) groups excluding carboxylic acids is 1. The van der Waals surface area contributed by atoms with Crippen LogP contribution in [0.15, 0.2) is 11.3 Å². The molecule has 0 bridgehead atoms. The van der Waals surface area contributed by atoms with Gasteiger partial charge >= 0.3 is 0 Å². The largest absolute Gasteiger partial charge is 0.388 e. The second-order valence-electron chi connectivity index (χ2n) is 8.27. The Kier molecular flexibility index (Phi) is 12.0. The molecule has 1 heterocycles. The van der Waals surface area contributed by atoms with Gasteiger partial charge in [-0.1, -0.05) is 79.1 Å². The maximum atomic E-state index is 13.2. The van der Waals surface area contributed by atoms with Crippen molar-refractivity contribution in [1.82, 2.24) is 5.32 Å². The van der Waals surface area contributed by atoms with Gasteiger partial charge in [-0.05, 0) is 38.5 Å². The lowest BCUT2D eigenvalue weighted by Crippen LogP contribution is -2.39. The molecular weight excluding hydrogens is 318 g/mol. The molecule has 0 radical (unpaired) electrons. The third kappa shape index (κ3) is 7.08. The molecule has 152 valence electrons. The van der Waals surface area contributed by atoms with Crippen LogP contribution in [0.4, 0.5) is 0 Å². The van der Waals surface area contributed by atoms with E-state index in [2.05, 4.69) is 33.0 Å². The van der Waals surface area contributed by atoms with Crippen LogP contribution in [0.25, 0.3) is 0 Å². The van der Waals surface area contributed by atoms with Crippen molar-refractivity contribution in [2.45, 2.75) is 124 Å². The van der Waals surface area contributed by atoms with Gasteiger partial charge in [-0.15, -0.1) is 0 Å². The fourth-order valence-electron chi connectivity index (χ4n) is 4.54. The summed E-state index contributed by atoms with van der Waals surface area (Å²) < 4.78 is 0. The highest BCUT2D eigenvalue weighted by molar-refractivity contribution is 5.97. The summed E-state index contributed by atoms with van der Waals surface area (Å²) in [7, 11) is 0. The lowest BCUT2D eigenvalue weighted by atomic mass is 9.68. The van der Waals surface area contributed by atoms with Crippen LogP contribution in [-0.4, -0.2) is 12.3 Å². The first-order valence-electron chi connectivity index (χ1n) is 11.7. The van der Waals surface area contributed by atoms with Gasteiger partial charge in [0.2, 0.25) is 0 Å². The molecule has 2 heteroatoms. The minimum absolute atomic E-state index is 0.129. The van der Waals surface area contributed by atoms with E-state index in [1.807, 2.05) is 0 Å². The first-order chi connectivity index (χ1) is 12.6. The number of nitrogens with one attached hydrogen (secondary N) is 1. The van der Waals surface area contributed by atoms with E-state index in [4.69, 9.17) is 0 Å². The van der Waals surface area contributed by atoms with Crippen molar-refractivity contribution >= 4 is 5.78 Å². The fourth-order valence-corrected chi connectivity index (χ4v) is 4.54. The Morgan fingerprint density at radius 2 is 1.42 bits per heavy atom. The zero-order chi connectivity index (χ0) is 19.3. The lowest BCUT2D eigenvalue weighted by molar-refractivity contribution is -0.117. The number of rotatable bonds is 15. The third-order valence-electron chi connectivity index (χ3n) is 6.44. The van der Waals surface area contributed by atoms with E-state index in [1.165, 1.54) is 69.1 Å². The van der Waals surface area contributed by atoms with Crippen molar-refractivity contribution in [2.24, 2.45) is 5.41 Å². The SMILES string of the molecule is CCCCCCCC(=O)C1=C(CCCCCCC)NCCC1(CC)CC. The molecule has 0 atom stereocenters. The Morgan fingerprint density at radius 3 is 2.00 bits per heavy atom. The van der Waals surface area contributed by atoms with Crippen LogP contribution in [0.3, 0.4) is 0 Å². The molecule has 1 aliphatic heterocycles.